The van der Waals surface area contributed by atoms with Gasteiger partial charge in [0.1, 0.15) is 28.9 Å². The zero-order valence-electron chi connectivity index (χ0n) is 15.3. The summed E-state index contributed by atoms with van der Waals surface area (Å²) in [7, 11) is 0. The minimum absolute atomic E-state index is 0.199. The van der Waals surface area contributed by atoms with Crippen molar-refractivity contribution in [2.24, 2.45) is 0 Å². The third kappa shape index (κ3) is 3.98. The van der Waals surface area contributed by atoms with Crippen LogP contribution in [0.3, 0.4) is 0 Å². The molecule has 0 unspecified atom stereocenters. The van der Waals surface area contributed by atoms with Crippen LogP contribution in [0, 0.1) is 11.3 Å². The van der Waals surface area contributed by atoms with Crippen LogP contribution in [0.15, 0.2) is 89.4 Å². The van der Waals surface area contributed by atoms with Gasteiger partial charge in [-0.25, -0.2) is 4.98 Å². The Kier molecular flexibility index (Phi) is 5.28. The van der Waals surface area contributed by atoms with Gasteiger partial charge in [-0.2, -0.15) is 5.26 Å². The Balaban J connectivity index is 1.81. The molecule has 2 N–H and O–H groups in total. The van der Waals surface area contributed by atoms with E-state index in [2.05, 4.69) is 27.0 Å². The van der Waals surface area contributed by atoms with Crippen LogP contribution in [0.4, 0.5) is 5.82 Å². The molecule has 1 aromatic heterocycles. The Morgan fingerprint density at radius 1 is 0.828 bits per heavy atom. The number of anilines is 1. The van der Waals surface area contributed by atoms with Crippen molar-refractivity contribution in [1.29, 1.82) is 5.26 Å². The summed E-state index contributed by atoms with van der Waals surface area (Å²) >= 11 is 3.56. The van der Waals surface area contributed by atoms with Gasteiger partial charge in [-0.3, -0.25) is 0 Å². The van der Waals surface area contributed by atoms with E-state index in [1.807, 2.05) is 84.9 Å². The summed E-state index contributed by atoms with van der Waals surface area (Å²) in [6.07, 6.45) is 0. The highest BCUT2D eigenvalue weighted by Gasteiger charge is 2.15. The van der Waals surface area contributed by atoms with Crippen LogP contribution in [-0.4, -0.2) is 4.98 Å². The molecular weight excluding hydrogens is 426 g/mol. The van der Waals surface area contributed by atoms with Crippen molar-refractivity contribution in [3.63, 3.8) is 0 Å². The molecule has 0 aliphatic heterocycles. The summed E-state index contributed by atoms with van der Waals surface area (Å²) in [5.41, 5.74) is 9.62. The highest BCUT2D eigenvalue weighted by atomic mass is 79.9. The van der Waals surface area contributed by atoms with Crippen LogP contribution in [0.1, 0.15) is 5.56 Å². The maximum absolute atomic E-state index is 9.67. The zero-order valence-corrected chi connectivity index (χ0v) is 16.9. The fourth-order valence-electron chi connectivity index (χ4n) is 3.07. The van der Waals surface area contributed by atoms with Gasteiger partial charge >= 0.3 is 0 Å². The molecule has 0 atom stereocenters. The molecule has 0 aliphatic rings. The molecule has 0 aliphatic carbocycles. The number of nitrogens with zero attached hydrogens (tertiary/aromatic N) is 2. The lowest BCUT2D eigenvalue weighted by molar-refractivity contribution is 0.483. The van der Waals surface area contributed by atoms with Crippen LogP contribution in [0.25, 0.3) is 22.4 Å². The summed E-state index contributed by atoms with van der Waals surface area (Å²) in [4.78, 5) is 4.45. The monoisotopic (exact) mass is 441 g/mol. The topological polar surface area (TPSA) is 71.9 Å². The average molecular weight is 442 g/mol. The third-order valence-corrected chi connectivity index (χ3v) is 5.12. The van der Waals surface area contributed by atoms with Crippen molar-refractivity contribution in [3.8, 4) is 40.0 Å². The van der Waals surface area contributed by atoms with E-state index in [1.54, 1.807) is 0 Å². The number of rotatable bonds is 4. The Bertz CT molecular complexity index is 1220. The molecule has 0 saturated heterocycles. The molecule has 0 fully saturated rings. The first-order chi connectivity index (χ1) is 14.2. The number of hydrogen-bond donors (Lipinski definition) is 1. The Labute approximate surface area is 177 Å². The van der Waals surface area contributed by atoms with Crippen LogP contribution in [0.2, 0.25) is 0 Å². The molecule has 0 saturated carbocycles. The summed E-state index contributed by atoms with van der Waals surface area (Å²) in [5, 5.41) is 9.67. The van der Waals surface area contributed by atoms with E-state index >= 15 is 0 Å². The van der Waals surface area contributed by atoms with Crippen molar-refractivity contribution in [2.45, 2.75) is 0 Å². The van der Waals surface area contributed by atoms with Gasteiger partial charge in [-0.15, -0.1) is 0 Å². The third-order valence-electron chi connectivity index (χ3n) is 4.43. The number of nitrogens with two attached hydrogens (primary N) is 1. The second-order valence-electron chi connectivity index (χ2n) is 6.35. The largest absolute Gasteiger partial charge is 0.457 e. The number of hydrogen-bond acceptors (Lipinski definition) is 4. The summed E-state index contributed by atoms with van der Waals surface area (Å²) in [6, 6.07) is 29.0. The van der Waals surface area contributed by atoms with Crippen LogP contribution < -0.4 is 10.5 Å². The van der Waals surface area contributed by atoms with Gasteiger partial charge in [0, 0.05) is 15.6 Å². The first kappa shape index (κ1) is 18.7. The number of ether oxygens (including phenoxy) is 1. The summed E-state index contributed by atoms with van der Waals surface area (Å²) in [6.45, 7) is 0. The first-order valence-corrected chi connectivity index (χ1v) is 9.74. The van der Waals surface area contributed by atoms with Crippen molar-refractivity contribution >= 4 is 21.7 Å². The molecule has 29 heavy (non-hydrogen) atoms. The maximum Gasteiger partial charge on any atom is 0.142 e. The number of para-hydroxylation sites is 1. The molecule has 3 aromatic carbocycles. The summed E-state index contributed by atoms with van der Waals surface area (Å²) in [5.74, 6) is 1.62. The second kappa shape index (κ2) is 8.17. The second-order valence-corrected chi connectivity index (χ2v) is 7.20. The van der Waals surface area contributed by atoms with E-state index < -0.39 is 0 Å². The standard InChI is InChI=1S/C24H16BrN3O/c25-22-12-5-4-11-19(22)23-14-20(21(15-26)24(27)28-23)16-7-6-10-18(13-16)29-17-8-2-1-3-9-17/h1-14H,(H2,27,28). The number of halogens is 1. The zero-order chi connectivity index (χ0) is 20.2. The van der Waals surface area contributed by atoms with Crippen molar-refractivity contribution in [3.05, 3.63) is 95.0 Å². The van der Waals surface area contributed by atoms with E-state index in [0.717, 1.165) is 21.3 Å². The number of nitriles is 1. The van der Waals surface area contributed by atoms with Crippen LogP contribution in [-0.2, 0) is 0 Å². The molecule has 140 valence electrons. The number of benzene rings is 3. The summed E-state index contributed by atoms with van der Waals surface area (Å²) < 4.78 is 6.85. The number of nitrogen functional groups attached to an aromatic ring is 1. The fraction of sp³-hybridized carbons (Fsp3) is 0. The van der Waals surface area contributed by atoms with E-state index in [1.165, 1.54) is 0 Å². The molecule has 5 heteroatoms. The highest BCUT2D eigenvalue weighted by Crippen LogP contribution is 2.35. The first-order valence-electron chi connectivity index (χ1n) is 8.94. The van der Waals surface area contributed by atoms with Crippen molar-refractivity contribution in [2.75, 3.05) is 5.73 Å². The predicted octanol–water partition coefficient (Wildman–Crippen LogP) is 6.42. The minimum atomic E-state index is 0.199. The fourth-order valence-corrected chi connectivity index (χ4v) is 3.56. The molecule has 0 spiro atoms. The molecule has 4 rings (SSSR count). The van der Waals surface area contributed by atoms with Gasteiger partial charge < -0.3 is 10.5 Å². The van der Waals surface area contributed by atoms with Crippen LogP contribution in [0.5, 0.6) is 11.5 Å². The predicted molar refractivity (Wildman–Crippen MR) is 118 cm³/mol. The SMILES string of the molecule is N#Cc1c(-c2cccc(Oc3ccccc3)c2)cc(-c2ccccc2Br)nc1N. The minimum Gasteiger partial charge on any atom is -0.457 e. The normalized spacial score (nSPS) is 10.3. The molecule has 0 radical (unpaired) electrons. The lowest BCUT2D eigenvalue weighted by Gasteiger charge is -2.12. The van der Waals surface area contributed by atoms with E-state index in [4.69, 9.17) is 10.5 Å². The lowest BCUT2D eigenvalue weighted by atomic mass is 9.98. The molecule has 1 heterocycles. The van der Waals surface area contributed by atoms with Gasteiger partial charge in [-0.05, 0) is 42.0 Å². The van der Waals surface area contributed by atoms with Crippen LogP contribution >= 0.6 is 15.9 Å². The molecule has 0 bridgehead atoms. The van der Waals surface area contributed by atoms with Crippen molar-refractivity contribution in [1.82, 2.24) is 4.98 Å². The van der Waals surface area contributed by atoms with Gasteiger partial charge in [0.15, 0.2) is 0 Å². The smallest absolute Gasteiger partial charge is 0.142 e. The highest BCUT2D eigenvalue weighted by molar-refractivity contribution is 9.10. The average Bonchev–Trinajstić information content (AvgIpc) is 2.74. The van der Waals surface area contributed by atoms with Gasteiger partial charge in [0.05, 0.1) is 5.69 Å². The molecule has 0 amide bonds. The quantitative estimate of drug-likeness (QED) is 0.396. The van der Waals surface area contributed by atoms with Gasteiger partial charge in [0.2, 0.25) is 0 Å². The molecule has 4 nitrogen and oxygen atoms in total. The Morgan fingerprint density at radius 2 is 1.55 bits per heavy atom. The number of pyridine rings is 1. The van der Waals surface area contributed by atoms with E-state index in [0.29, 0.717) is 22.6 Å². The Morgan fingerprint density at radius 3 is 2.31 bits per heavy atom. The van der Waals surface area contributed by atoms with Gasteiger partial charge in [-0.1, -0.05) is 64.5 Å². The van der Waals surface area contributed by atoms with Gasteiger partial charge in [0.25, 0.3) is 0 Å². The number of aromatic nitrogens is 1. The molecular formula is C24H16BrN3O. The van der Waals surface area contributed by atoms with E-state index in [9.17, 15) is 5.26 Å². The molecule has 4 aromatic rings. The van der Waals surface area contributed by atoms with E-state index in [-0.39, 0.29) is 5.82 Å². The Hall–Kier alpha value is -3.62. The van der Waals surface area contributed by atoms with Crippen molar-refractivity contribution < 1.29 is 4.74 Å². The lowest BCUT2D eigenvalue weighted by Crippen LogP contribution is -2.00. The maximum atomic E-state index is 9.67.